The molecule has 0 heterocycles. The fourth-order valence-corrected chi connectivity index (χ4v) is 4.75. The Labute approximate surface area is 201 Å². The highest BCUT2D eigenvalue weighted by atomic mass is 35.5. The van der Waals surface area contributed by atoms with Crippen LogP contribution in [0.3, 0.4) is 0 Å². The van der Waals surface area contributed by atoms with Crippen molar-refractivity contribution in [1.82, 2.24) is 10.2 Å². The normalized spacial score (nSPS) is 12.2. The van der Waals surface area contributed by atoms with Crippen LogP contribution in [0.1, 0.15) is 37.3 Å². The monoisotopic (exact) mass is 493 g/mol. The molecule has 2 aromatic rings. The standard InChI is InChI=1S/C24H32ClN3O4S/c1-5-22(24(30)26-3)27(17-19-13-11-18(2)12-14-19)23(29)10-7-15-28(33(4,31)32)21-9-6-8-20(25)16-21/h6,8-9,11-14,16,22H,5,7,10,15,17H2,1-4H3,(H,26,30). The summed E-state index contributed by atoms with van der Waals surface area (Å²) in [6, 6.07) is 13.8. The highest BCUT2D eigenvalue weighted by Crippen LogP contribution is 2.23. The van der Waals surface area contributed by atoms with Crippen LogP contribution in [0.25, 0.3) is 0 Å². The smallest absolute Gasteiger partial charge is 0.242 e. The number of rotatable bonds is 11. The quantitative estimate of drug-likeness (QED) is 0.516. The molecule has 1 unspecified atom stereocenters. The van der Waals surface area contributed by atoms with Crippen LogP contribution in [0.2, 0.25) is 5.02 Å². The second kappa shape index (κ2) is 12.0. The number of amides is 2. The molecule has 180 valence electrons. The molecule has 0 aliphatic heterocycles. The van der Waals surface area contributed by atoms with Gasteiger partial charge in [-0.05, 0) is 43.5 Å². The van der Waals surface area contributed by atoms with E-state index in [1.807, 2.05) is 38.1 Å². The van der Waals surface area contributed by atoms with E-state index >= 15 is 0 Å². The first-order chi connectivity index (χ1) is 15.6. The molecule has 2 rings (SSSR count). The van der Waals surface area contributed by atoms with Gasteiger partial charge in [0.05, 0.1) is 11.9 Å². The Morgan fingerprint density at radius 3 is 2.33 bits per heavy atom. The highest BCUT2D eigenvalue weighted by molar-refractivity contribution is 7.92. The van der Waals surface area contributed by atoms with Crippen molar-refractivity contribution < 1.29 is 18.0 Å². The summed E-state index contributed by atoms with van der Waals surface area (Å²) in [7, 11) is -2.01. The van der Waals surface area contributed by atoms with E-state index in [0.717, 1.165) is 17.4 Å². The summed E-state index contributed by atoms with van der Waals surface area (Å²) in [4.78, 5) is 27.2. The molecule has 2 aromatic carbocycles. The van der Waals surface area contributed by atoms with Gasteiger partial charge >= 0.3 is 0 Å². The van der Waals surface area contributed by atoms with Crippen molar-refractivity contribution in [1.29, 1.82) is 0 Å². The van der Waals surface area contributed by atoms with Crippen LogP contribution in [0.4, 0.5) is 5.69 Å². The van der Waals surface area contributed by atoms with Crippen molar-refractivity contribution in [3.05, 3.63) is 64.7 Å². The van der Waals surface area contributed by atoms with Crippen molar-refractivity contribution in [3.63, 3.8) is 0 Å². The van der Waals surface area contributed by atoms with Gasteiger partial charge in [-0.15, -0.1) is 0 Å². The number of anilines is 1. The molecule has 33 heavy (non-hydrogen) atoms. The zero-order chi connectivity index (χ0) is 24.6. The maximum absolute atomic E-state index is 13.2. The average Bonchev–Trinajstić information content (AvgIpc) is 2.76. The first-order valence-corrected chi connectivity index (χ1v) is 13.1. The number of likely N-dealkylation sites (N-methyl/N-ethyl adjacent to an activating group) is 1. The van der Waals surface area contributed by atoms with Crippen LogP contribution in [-0.4, -0.2) is 51.0 Å². The van der Waals surface area contributed by atoms with Crippen molar-refractivity contribution in [2.24, 2.45) is 0 Å². The molecular weight excluding hydrogens is 462 g/mol. The summed E-state index contributed by atoms with van der Waals surface area (Å²) < 4.78 is 25.9. The summed E-state index contributed by atoms with van der Waals surface area (Å²) >= 11 is 6.03. The molecule has 1 N–H and O–H groups in total. The van der Waals surface area contributed by atoms with Crippen molar-refractivity contribution in [2.75, 3.05) is 24.2 Å². The number of hydrogen-bond donors (Lipinski definition) is 1. The summed E-state index contributed by atoms with van der Waals surface area (Å²) in [6.07, 6.45) is 1.99. The molecule has 0 bridgehead atoms. The molecule has 1 atom stereocenters. The van der Waals surface area contributed by atoms with E-state index in [1.54, 1.807) is 36.2 Å². The minimum Gasteiger partial charge on any atom is -0.357 e. The predicted octanol–water partition coefficient (Wildman–Crippen LogP) is 3.75. The maximum Gasteiger partial charge on any atom is 0.242 e. The van der Waals surface area contributed by atoms with E-state index in [4.69, 9.17) is 11.6 Å². The van der Waals surface area contributed by atoms with E-state index in [0.29, 0.717) is 30.1 Å². The van der Waals surface area contributed by atoms with Crippen molar-refractivity contribution in [3.8, 4) is 0 Å². The summed E-state index contributed by atoms with van der Waals surface area (Å²) in [5.41, 5.74) is 2.48. The molecule has 0 aromatic heterocycles. The Morgan fingerprint density at radius 1 is 1.12 bits per heavy atom. The molecule has 0 spiro atoms. The van der Waals surface area contributed by atoms with Crippen LogP contribution in [0, 0.1) is 6.92 Å². The van der Waals surface area contributed by atoms with Gasteiger partial charge < -0.3 is 10.2 Å². The minimum atomic E-state index is -3.56. The lowest BCUT2D eigenvalue weighted by atomic mass is 10.1. The lowest BCUT2D eigenvalue weighted by Gasteiger charge is -2.31. The molecule has 9 heteroatoms. The van der Waals surface area contributed by atoms with Crippen LogP contribution in [-0.2, 0) is 26.2 Å². The fraction of sp³-hybridized carbons (Fsp3) is 0.417. The number of carbonyl (C=O) groups is 2. The number of aryl methyl sites for hydroxylation is 1. The third kappa shape index (κ3) is 7.75. The van der Waals surface area contributed by atoms with Crippen LogP contribution >= 0.6 is 11.6 Å². The second-order valence-electron chi connectivity index (χ2n) is 7.96. The molecule has 2 amide bonds. The number of benzene rings is 2. The van der Waals surface area contributed by atoms with Gasteiger partial charge in [-0.25, -0.2) is 8.42 Å². The molecule has 0 aliphatic carbocycles. The fourth-order valence-electron chi connectivity index (χ4n) is 3.61. The van der Waals surface area contributed by atoms with Crippen LogP contribution in [0.5, 0.6) is 0 Å². The van der Waals surface area contributed by atoms with Crippen LogP contribution in [0.15, 0.2) is 48.5 Å². The van der Waals surface area contributed by atoms with Gasteiger partial charge in [0, 0.05) is 31.6 Å². The minimum absolute atomic E-state index is 0.103. The second-order valence-corrected chi connectivity index (χ2v) is 10.3. The van der Waals surface area contributed by atoms with E-state index in [1.165, 1.54) is 4.31 Å². The largest absolute Gasteiger partial charge is 0.357 e. The number of halogens is 1. The lowest BCUT2D eigenvalue weighted by molar-refractivity contribution is -0.141. The molecular formula is C24H32ClN3O4S. The maximum atomic E-state index is 13.2. The zero-order valence-corrected chi connectivity index (χ0v) is 21.1. The van der Waals surface area contributed by atoms with Gasteiger partial charge in [0.1, 0.15) is 6.04 Å². The SMILES string of the molecule is CCC(C(=O)NC)N(Cc1ccc(C)cc1)C(=O)CCCN(c1cccc(Cl)c1)S(C)(=O)=O. The average molecular weight is 494 g/mol. The van der Waals surface area contributed by atoms with Crippen molar-refractivity contribution >= 4 is 39.1 Å². The lowest BCUT2D eigenvalue weighted by Crippen LogP contribution is -2.48. The van der Waals surface area contributed by atoms with E-state index in [-0.39, 0.29) is 24.8 Å². The van der Waals surface area contributed by atoms with Gasteiger partial charge in [0.2, 0.25) is 21.8 Å². The van der Waals surface area contributed by atoms with Gasteiger partial charge in [-0.2, -0.15) is 0 Å². The first kappa shape index (κ1) is 26.7. The number of nitrogens with zero attached hydrogens (tertiary/aromatic N) is 2. The Bertz CT molecular complexity index is 1060. The first-order valence-electron chi connectivity index (χ1n) is 10.9. The Kier molecular flexibility index (Phi) is 9.73. The molecule has 0 aliphatic rings. The number of carbonyl (C=O) groups excluding carboxylic acids is 2. The van der Waals surface area contributed by atoms with E-state index in [2.05, 4.69) is 5.32 Å². The molecule has 0 saturated carbocycles. The van der Waals surface area contributed by atoms with E-state index < -0.39 is 16.1 Å². The highest BCUT2D eigenvalue weighted by Gasteiger charge is 2.28. The zero-order valence-electron chi connectivity index (χ0n) is 19.5. The molecule has 0 saturated heterocycles. The Hall–Kier alpha value is -2.58. The van der Waals surface area contributed by atoms with Gasteiger partial charge in [0.25, 0.3) is 0 Å². The number of sulfonamides is 1. The Morgan fingerprint density at radius 2 is 1.79 bits per heavy atom. The third-order valence-corrected chi connectivity index (χ3v) is 6.78. The third-order valence-electron chi connectivity index (χ3n) is 5.35. The van der Waals surface area contributed by atoms with Gasteiger partial charge in [-0.1, -0.05) is 54.4 Å². The summed E-state index contributed by atoms with van der Waals surface area (Å²) in [5, 5.41) is 3.06. The van der Waals surface area contributed by atoms with E-state index in [9.17, 15) is 18.0 Å². The number of hydrogen-bond acceptors (Lipinski definition) is 4. The molecule has 0 radical (unpaired) electrons. The van der Waals surface area contributed by atoms with Crippen molar-refractivity contribution in [2.45, 2.75) is 45.7 Å². The topological polar surface area (TPSA) is 86.8 Å². The van der Waals surface area contributed by atoms with Crippen LogP contribution < -0.4 is 9.62 Å². The number of nitrogens with one attached hydrogen (secondary N) is 1. The van der Waals surface area contributed by atoms with Gasteiger partial charge in [0.15, 0.2) is 0 Å². The Balaban J connectivity index is 2.18. The summed E-state index contributed by atoms with van der Waals surface area (Å²) in [6.45, 7) is 4.27. The molecule has 0 fully saturated rings. The summed E-state index contributed by atoms with van der Waals surface area (Å²) in [5.74, 6) is -0.430. The predicted molar refractivity (Wildman–Crippen MR) is 133 cm³/mol. The molecule has 7 nitrogen and oxygen atoms in total. The van der Waals surface area contributed by atoms with Gasteiger partial charge in [-0.3, -0.25) is 13.9 Å².